The average Bonchev–Trinajstić information content (AvgIpc) is 2.43. The zero-order valence-electron chi connectivity index (χ0n) is 10.3. The Bertz CT molecular complexity index is 551. The van der Waals surface area contributed by atoms with Crippen LogP contribution >= 0.6 is 15.9 Å². The Balaban J connectivity index is 2.44. The van der Waals surface area contributed by atoms with Crippen LogP contribution < -0.4 is 0 Å². The van der Waals surface area contributed by atoms with E-state index in [0.29, 0.717) is 13.1 Å². The van der Waals surface area contributed by atoms with Crippen molar-refractivity contribution in [3.05, 3.63) is 42.1 Å². The van der Waals surface area contributed by atoms with Crippen molar-refractivity contribution in [2.45, 2.75) is 6.92 Å². The first kappa shape index (κ1) is 13.0. The Kier molecular flexibility index (Phi) is 4.31. The Morgan fingerprint density at radius 3 is 2.89 bits per heavy atom. The highest BCUT2D eigenvalue weighted by Crippen LogP contribution is 2.18. The van der Waals surface area contributed by atoms with E-state index in [4.69, 9.17) is 0 Å². The number of fused-ring (bicyclic) bond motifs is 1. The highest BCUT2D eigenvalue weighted by molar-refractivity contribution is 9.09. The van der Waals surface area contributed by atoms with E-state index in [1.807, 2.05) is 42.2 Å². The zero-order chi connectivity index (χ0) is 13.0. The molecule has 2 aromatic rings. The number of hydrogen-bond donors (Lipinski definition) is 0. The van der Waals surface area contributed by atoms with E-state index < -0.39 is 0 Å². The van der Waals surface area contributed by atoms with E-state index in [2.05, 4.69) is 20.9 Å². The summed E-state index contributed by atoms with van der Waals surface area (Å²) in [7, 11) is 0. The van der Waals surface area contributed by atoms with Gasteiger partial charge in [0.05, 0.1) is 5.52 Å². The van der Waals surface area contributed by atoms with Crippen molar-refractivity contribution in [2.24, 2.45) is 0 Å². The third-order valence-corrected chi connectivity index (χ3v) is 3.25. The number of carbonyl (C=O) groups is 1. The van der Waals surface area contributed by atoms with Gasteiger partial charge < -0.3 is 4.90 Å². The van der Waals surface area contributed by atoms with Crippen LogP contribution in [0.3, 0.4) is 0 Å². The molecule has 1 aromatic heterocycles. The molecule has 1 heterocycles. The maximum atomic E-state index is 12.5. The second-order valence-electron chi connectivity index (χ2n) is 3.95. The lowest BCUT2D eigenvalue weighted by molar-refractivity contribution is 0.0777. The predicted molar refractivity (Wildman–Crippen MR) is 77.1 cm³/mol. The first-order valence-corrected chi connectivity index (χ1v) is 7.09. The van der Waals surface area contributed by atoms with Crippen LogP contribution in [0.5, 0.6) is 0 Å². The number of nitrogens with zero attached hydrogens (tertiary/aromatic N) is 2. The van der Waals surface area contributed by atoms with Crippen molar-refractivity contribution in [1.29, 1.82) is 0 Å². The van der Waals surface area contributed by atoms with Crippen LogP contribution in [-0.2, 0) is 0 Å². The number of amides is 1. The number of hydrogen-bond acceptors (Lipinski definition) is 2. The lowest BCUT2D eigenvalue weighted by Crippen LogP contribution is -2.32. The van der Waals surface area contributed by atoms with Gasteiger partial charge in [-0.2, -0.15) is 0 Å². The van der Waals surface area contributed by atoms with Gasteiger partial charge >= 0.3 is 0 Å². The summed E-state index contributed by atoms with van der Waals surface area (Å²) in [6.07, 6.45) is 1.74. The molecule has 0 aliphatic carbocycles. The molecule has 1 amide bonds. The quantitative estimate of drug-likeness (QED) is 0.813. The van der Waals surface area contributed by atoms with Gasteiger partial charge in [0, 0.05) is 35.6 Å². The van der Waals surface area contributed by atoms with Crippen LogP contribution in [0.4, 0.5) is 0 Å². The van der Waals surface area contributed by atoms with E-state index in [-0.39, 0.29) is 5.91 Å². The molecule has 1 aromatic carbocycles. The summed E-state index contributed by atoms with van der Waals surface area (Å²) < 4.78 is 0. The SMILES string of the molecule is CCN(CCBr)C(=O)c1cccc2ncccc12. The summed E-state index contributed by atoms with van der Waals surface area (Å²) in [5.74, 6) is 0.0653. The second-order valence-corrected chi connectivity index (χ2v) is 4.74. The molecule has 0 radical (unpaired) electrons. The van der Waals surface area contributed by atoms with Crippen molar-refractivity contribution in [3.63, 3.8) is 0 Å². The molecule has 0 saturated carbocycles. The van der Waals surface area contributed by atoms with E-state index in [9.17, 15) is 4.79 Å². The smallest absolute Gasteiger partial charge is 0.254 e. The molecule has 0 N–H and O–H groups in total. The number of benzene rings is 1. The topological polar surface area (TPSA) is 33.2 Å². The number of aromatic nitrogens is 1. The maximum absolute atomic E-state index is 12.5. The molecule has 0 aliphatic rings. The largest absolute Gasteiger partial charge is 0.338 e. The third-order valence-electron chi connectivity index (χ3n) is 2.90. The Morgan fingerprint density at radius 1 is 1.33 bits per heavy atom. The van der Waals surface area contributed by atoms with Gasteiger partial charge in [-0.25, -0.2) is 0 Å². The molecule has 0 saturated heterocycles. The predicted octanol–water partition coefficient (Wildman–Crippen LogP) is 3.09. The molecular weight excluding hydrogens is 292 g/mol. The molecular formula is C14H15BrN2O. The van der Waals surface area contributed by atoms with Crippen LogP contribution in [0.1, 0.15) is 17.3 Å². The van der Waals surface area contributed by atoms with Crippen LogP contribution in [0.15, 0.2) is 36.5 Å². The minimum Gasteiger partial charge on any atom is -0.338 e. The minimum absolute atomic E-state index is 0.0653. The fourth-order valence-electron chi connectivity index (χ4n) is 1.97. The number of alkyl halides is 1. The van der Waals surface area contributed by atoms with Crippen LogP contribution in [0.25, 0.3) is 10.9 Å². The van der Waals surface area contributed by atoms with Gasteiger partial charge in [-0.15, -0.1) is 0 Å². The van der Waals surface area contributed by atoms with Crippen molar-refractivity contribution >= 4 is 32.7 Å². The van der Waals surface area contributed by atoms with Gasteiger partial charge in [0.1, 0.15) is 0 Å². The van der Waals surface area contributed by atoms with Gasteiger partial charge in [-0.3, -0.25) is 9.78 Å². The molecule has 0 fully saturated rings. The standard InChI is InChI=1S/C14H15BrN2O/c1-2-17(10-8-15)14(18)12-5-3-7-13-11(12)6-4-9-16-13/h3-7,9H,2,8,10H2,1H3. The van der Waals surface area contributed by atoms with E-state index in [1.165, 1.54) is 0 Å². The summed E-state index contributed by atoms with van der Waals surface area (Å²) in [5, 5.41) is 1.70. The Hall–Kier alpha value is -1.42. The molecule has 0 unspecified atom stereocenters. The van der Waals surface area contributed by atoms with Crippen LogP contribution in [0.2, 0.25) is 0 Å². The molecule has 0 bridgehead atoms. The van der Waals surface area contributed by atoms with Crippen LogP contribution in [0, 0.1) is 0 Å². The number of carbonyl (C=O) groups excluding carboxylic acids is 1. The zero-order valence-corrected chi connectivity index (χ0v) is 11.9. The maximum Gasteiger partial charge on any atom is 0.254 e. The normalized spacial score (nSPS) is 10.6. The lowest BCUT2D eigenvalue weighted by atomic mass is 10.1. The van der Waals surface area contributed by atoms with Gasteiger partial charge in [0.15, 0.2) is 0 Å². The van der Waals surface area contributed by atoms with E-state index >= 15 is 0 Å². The van der Waals surface area contributed by atoms with Gasteiger partial charge in [0.2, 0.25) is 0 Å². The fourth-order valence-corrected chi connectivity index (χ4v) is 2.39. The molecule has 3 nitrogen and oxygen atoms in total. The first-order chi connectivity index (χ1) is 8.77. The summed E-state index contributed by atoms with van der Waals surface area (Å²) in [4.78, 5) is 18.6. The van der Waals surface area contributed by atoms with E-state index in [0.717, 1.165) is 21.8 Å². The minimum atomic E-state index is 0.0653. The van der Waals surface area contributed by atoms with Gasteiger partial charge in [-0.1, -0.05) is 28.1 Å². The Morgan fingerprint density at radius 2 is 2.17 bits per heavy atom. The molecule has 0 aliphatic heterocycles. The van der Waals surface area contributed by atoms with Crippen molar-refractivity contribution in [1.82, 2.24) is 9.88 Å². The molecule has 4 heteroatoms. The van der Waals surface area contributed by atoms with Crippen molar-refractivity contribution in [3.8, 4) is 0 Å². The summed E-state index contributed by atoms with van der Waals surface area (Å²) in [5.41, 5.74) is 1.58. The highest BCUT2D eigenvalue weighted by Gasteiger charge is 2.15. The summed E-state index contributed by atoms with van der Waals surface area (Å²) in [6.45, 7) is 3.41. The molecule has 0 spiro atoms. The Labute approximate surface area is 115 Å². The fraction of sp³-hybridized carbons (Fsp3) is 0.286. The van der Waals surface area contributed by atoms with E-state index in [1.54, 1.807) is 6.20 Å². The first-order valence-electron chi connectivity index (χ1n) is 5.97. The number of halogens is 1. The second kappa shape index (κ2) is 5.96. The van der Waals surface area contributed by atoms with Gasteiger partial charge in [0.25, 0.3) is 5.91 Å². The monoisotopic (exact) mass is 306 g/mol. The van der Waals surface area contributed by atoms with Crippen LogP contribution in [-0.4, -0.2) is 34.2 Å². The van der Waals surface area contributed by atoms with Gasteiger partial charge in [-0.05, 0) is 25.1 Å². The van der Waals surface area contributed by atoms with Crippen molar-refractivity contribution in [2.75, 3.05) is 18.4 Å². The molecule has 94 valence electrons. The third kappa shape index (κ3) is 2.53. The number of pyridine rings is 1. The highest BCUT2D eigenvalue weighted by atomic mass is 79.9. The lowest BCUT2D eigenvalue weighted by Gasteiger charge is -2.20. The summed E-state index contributed by atoms with van der Waals surface area (Å²) >= 11 is 3.38. The average molecular weight is 307 g/mol. The molecule has 18 heavy (non-hydrogen) atoms. The summed E-state index contributed by atoms with van der Waals surface area (Å²) in [6, 6.07) is 9.47. The number of rotatable bonds is 4. The molecule has 2 rings (SSSR count). The van der Waals surface area contributed by atoms with Crippen molar-refractivity contribution < 1.29 is 4.79 Å². The molecule has 0 atom stereocenters.